The molecule has 0 atom stereocenters. The summed E-state index contributed by atoms with van der Waals surface area (Å²) >= 11 is 0. The largest absolute Gasteiger partial charge is 0.366 e. The van der Waals surface area contributed by atoms with Gasteiger partial charge in [-0.2, -0.15) is 5.26 Å². The number of carbonyl (C=O) groups is 2. The highest BCUT2D eigenvalue weighted by Crippen LogP contribution is 2.41. The number of hydrogen-bond donors (Lipinski definition) is 2. The van der Waals surface area contributed by atoms with E-state index >= 15 is 0 Å². The number of carbonyl (C=O) groups excluding carboxylic acids is 2. The molecule has 0 aromatic rings. The van der Waals surface area contributed by atoms with Crippen molar-refractivity contribution in [2.75, 3.05) is 19.6 Å². The molecule has 0 aromatic carbocycles. The molecule has 2 aliphatic heterocycles. The van der Waals surface area contributed by atoms with Gasteiger partial charge in [0.15, 0.2) is 0 Å². The molecule has 2 aliphatic carbocycles. The summed E-state index contributed by atoms with van der Waals surface area (Å²) in [6, 6.07) is 2.28. The average molecular weight is 407 g/mol. The maximum Gasteiger partial charge on any atom is 0.272 e. The summed E-state index contributed by atoms with van der Waals surface area (Å²) in [7, 11) is 0. The van der Waals surface area contributed by atoms with Crippen LogP contribution in [-0.4, -0.2) is 58.5 Å². The number of alkyl halides is 2. The van der Waals surface area contributed by atoms with Gasteiger partial charge in [-0.1, -0.05) is 0 Å². The maximum atomic E-state index is 13.2. The molecule has 0 aromatic heterocycles. The predicted molar refractivity (Wildman–Crippen MR) is 96.4 cm³/mol. The normalized spacial score (nSPS) is 31.6. The second-order valence-electron chi connectivity index (χ2n) is 8.66. The fourth-order valence-electron chi connectivity index (χ4n) is 4.56. The van der Waals surface area contributed by atoms with Crippen molar-refractivity contribution in [3.8, 4) is 6.07 Å². The number of nitriles is 1. The Balaban J connectivity index is 1.48. The Bertz CT molecular complexity index is 826. The lowest BCUT2D eigenvalue weighted by atomic mass is 9.76. The van der Waals surface area contributed by atoms with E-state index in [1.165, 1.54) is 0 Å². The van der Waals surface area contributed by atoms with Gasteiger partial charge >= 0.3 is 0 Å². The predicted octanol–water partition coefficient (Wildman–Crippen LogP) is 1.23. The van der Waals surface area contributed by atoms with Gasteiger partial charge in [0.25, 0.3) is 11.8 Å². The first-order chi connectivity index (χ1) is 13.7. The summed E-state index contributed by atoms with van der Waals surface area (Å²) in [5, 5.41) is 16.6. The topological polar surface area (TPSA) is 115 Å². The van der Waals surface area contributed by atoms with Crippen molar-refractivity contribution in [3.05, 3.63) is 11.4 Å². The van der Waals surface area contributed by atoms with Crippen LogP contribution in [0.2, 0.25) is 0 Å². The van der Waals surface area contributed by atoms with Crippen LogP contribution in [0.4, 0.5) is 8.78 Å². The second kappa shape index (κ2) is 7.13. The quantitative estimate of drug-likeness (QED) is 0.645. The Morgan fingerprint density at radius 2 is 1.93 bits per heavy atom. The molecule has 29 heavy (non-hydrogen) atoms. The van der Waals surface area contributed by atoms with Crippen LogP contribution in [0.1, 0.15) is 44.9 Å². The van der Waals surface area contributed by atoms with Crippen LogP contribution < -0.4 is 11.1 Å². The molecular weight excluding hydrogens is 382 g/mol. The second-order valence-corrected chi connectivity index (χ2v) is 8.66. The molecule has 0 spiro atoms. The van der Waals surface area contributed by atoms with Gasteiger partial charge in [-0.05, 0) is 25.7 Å². The Kier molecular flexibility index (Phi) is 4.89. The van der Waals surface area contributed by atoms with Gasteiger partial charge in [0, 0.05) is 29.9 Å². The highest BCUT2D eigenvalue weighted by atomic mass is 19.3. The van der Waals surface area contributed by atoms with Crippen LogP contribution in [0, 0.1) is 17.2 Å². The monoisotopic (exact) mass is 407 g/mol. The first-order valence-electron chi connectivity index (χ1n) is 10.0. The summed E-state index contributed by atoms with van der Waals surface area (Å²) in [6.45, 7) is -0.271. The van der Waals surface area contributed by atoms with E-state index < -0.39 is 17.4 Å². The van der Waals surface area contributed by atoms with Crippen LogP contribution in [-0.2, 0) is 9.59 Å². The van der Waals surface area contributed by atoms with Crippen LogP contribution >= 0.6 is 0 Å². The van der Waals surface area contributed by atoms with Crippen LogP contribution in [0.3, 0.4) is 0 Å². The minimum atomic E-state index is -2.60. The summed E-state index contributed by atoms with van der Waals surface area (Å²) in [4.78, 5) is 25.8. The fraction of sp³-hybridized carbons (Fsp3) is 0.737. The molecule has 10 heteroatoms. The molecule has 2 heterocycles. The van der Waals surface area contributed by atoms with Gasteiger partial charge in [0.05, 0.1) is 19.2 Å². The van der Waals surface area contributed by atoms with Crippen molar-refractivity contribution in [1.29, 1.82) is 5.26 Å². The third-order valence-electron chi connectivity index (χ3n) is 6.53. The number of azo groups is 2. The lowest BCUT2D eigenvalue weighted by Crippen LogP contribution is -2.61. The van der Waals surface area contributed by atoms with Crippen molar-refractivity contribution < 1.29 is 23.1 Å². The molecular formula is C19H25F2N6O2+. The molecule has 2 saturated carbocycles. The summed E-state index contributed by atoms with van der Waals surface area (Å²) in [5.41, 5.74) is 5.14. The maximum absolute atomic E-state index is 13.2. The molecule has 3 N–H and O–H groups in total. The standard InChI is InChI=1S/C19H24F2N6O2/c20-19(21)10-26(11-19)13-3-5-18(6-4-13,7-8-22)27-9-14(15(23)28)16(25-27)24-17(29)12-1-2-12/h12-13H,1-7,9-11H2,(H2-,23,24,28,29)/p+1. The molecule has 0 bridgehead atoms. The Morgan fingerprint density at radius 1 is 1.28 bits per heavy atom. The number of hydrogen-bond acceptors (Lipinski definition) is 5. The van der Waals surface area contributed by atoms with Crippen LogP contribution in [0.5, 0.6) is 0 Å². The van der Waals surface area contributed by atoms with Gasteiger partial charge in [-0.3, -0.25) is 14.5 Å². The van der Waals surface area contributed by atoms with E-state index in [2.05, 4.69) is 16.5 Å². The Hall–Kier alpha value is -2.41. The van der Waals surface area contributed by atoms with E-state index in [0.717, 1.165) is 12.8 Å². The van der Waals surface area contributed by atoms with E-state index in [9.17, 15) is 23.6 Å². The zero-order valence-corrected chi connectivity index (χ0v) is 16.2. The number of halogens is 2. The summed E-state index contributed by atoms with van der Waals surface area (Å²) in [6.07, 6.45) is 4.42. The molecule has 8 nitrogen and oxygen atoms in total. The van der Waals surface area contributed by atoms with Crippen LogP contribution in [0.25, 0.3) is 0 Å². The highest BCUT2D eigenvalue weighted by Gasteiger charge is 2.53. The fourth-order valence-corrected chi connectivity index (χ4v) is 4.56. The van der Waals surface area contributed by atoms with Crippen molar-refractivity contribution in [1.82, 2.24) is 10.2 Å². The van der Waals surface area contributed by atoms with Crippen LogP contribution in [0.15, 0.2) is 16.5 Å². The van der Waals surface area contributed by atoms with Crippen molar-refractivity contribution in [3.63, 3.8) is 0 Å². The Labute approximate surface area is 167 Å². The molecule has 4 rings (SSSR count). The molecule has 0 radical (unpaired) electrons. The minimum absolute atomic E-state index is 0.0426. The number of nitrogens with zero attached hydrogens (tertiary/aromatic N) is 4. The van der Waals surface area contributed by atoms with Gasteiger partial charge < -0.3 is 11.1 Å². The zero-order chi connectivity index (χ0) is 20.8. The van der Waals surface area contributed by atoms with Crippen molar-refractivity contribution >= 4 is 11.8 Å². The first-order valence-corrected chi connectivity index (χ1v) is 10.0. The van der Waals surface area contributed by atoms with E-state index in [1.807, 2.05) is 0 Å². The van der Waals surface area contributed by atoms with E-state index in [1.54, 1.807) is 9.60 Å². The number of likely N-dealkylation sites (tertiary alicyclic amines) is 1. The molecule has 2 amide bonds. The summed E-state index contributed by atoms with van der Waals surface area (Å²) in [5.74, 6) is -3.28. The summed E-state index contributed by atoms with van der Waals surface area (Å²) < 4.78 is 28.1. The zero-order valence-electron chi connectivity index (χ0n) is 16.2. The number of primary amides is 1. The third kappa shape index (κ3) is 3.88. The van der Waals surface area contributed by atoms with Gasteiger partial charge in [0.1, 0.15) is 12.0 Å². The van der Waals surface area contributed by atoms with E-state index in [-0.39, 0.29) is 55.3 Å². The third-order valence-corrected chi connectivity index (χ3v) is 6.53. The van der Waals surface area contributed by atoms with E-state index in [4.69, 9.17) is 5.73 Å². The number of amides is 2. The Morgan fingerprint density at radius 3 is 2.45 bits per heavy atom. The molecule has 1 saturated heterocycles. The molecule has 4 aliphatic rings. The molecule has 3 fully saturated rings. The number of nitrogens with one attached hydrogen (secondary N) is 1. The van der Waals surface area contributed by atoms with E-state index in [0.29, 0.717) is 25.7 Å². The van der Waals surface area contributed by atoms with Gasteiger partial charge in [-0.25, -0.2) is 8.78 Å². The molecule has 0 unspecified atom stereocenters. The van der Waals surface area contributed by atoms with Gasteiger partial charge in [-0.15, -0.1) is 4.70 Å². The van der Waals surface area contributed by atoms with Gasteiger partial charge in [0.2, 0.25) is 23.8 Å². The van der Waals surface area contributed by atoms with Crippen molar-refractivity contribution in [2.24, 2.45) is 16.8 Å². The lowest BCUT2D eigenvalue weighted by Gasteiger charge is -2.46. The smallest absolute Gasteiger partial charge is 0.272 e. The van der Waals surface area contributed by atoms with Crippen molar-refractivity contribution in [2.45, 2.75) is 62.4 Å². The average Bonchev–Trinajstić information content (AvgIpc) is 3.41. The lowest BCUT2D eigenvalue weighted by molar-refractivity contribution is -0.657. The minimum Gasteiger partial charge on any atom is -0.366 e. The highest BCUT2D eigenvalue weighted by molar-refractivity contribution is 5.94. The molecule has 156 valence electrons. The number of nitrogens with two attached hydrogens (primary N) is 1. The first kappa shape index (κ1) is 19.9. The SMILES string of the molecule is N#CCC1([N+]2=NC(NC(=O)C3CC3)=C(C(N)=O)C2)CCC(N2CC(F)(F)C2)CC1. The number of rotatable bonds is 6.